The summed E-state index contributed by atoms with van der Waals surface area (Å²) in [5.41, 5.74) is 7.93. The highest BCUT2D eigenvalue weighted by Crippen LogP contribution is 2.41. The van der Waals surface area contributed by atoms with Crippen LogP contribution < -0.4 is 15.8 Å². The third kappa shape index (κ3) is 3.42. The van der Waals surface area contributed by atoms with Gasteiger partial charge in [0.05, 0.1) is 28.7 Å². The molecule has 2 atom stereocenters. The molecule has 0 unspecified atom stereocenters. The van der Waals surface area contributed by atoms with Crippen LogP contribution in [0.15, 0.2) is 42.5 Å². The molecular weight excluding hydrogens is 385 g/mol. The number of para-hydroxylation sites is 1. The summed E-state index contributed by atoms with van der Waals surface area (Å²) >= 11 is 12.3. The highest BCUT2D eigenvalue weighted by Gasteiger charge is 2.32. The Hall–Kier alpha value is -2.44. The Morgan fingerprint density at radius 3 is 2.81 bits per heavy atom. The second kappa shape index (κ2) is 7.29. The van der Waals surface area contributed by atoms with E-state index in [1.165, 1.54) is 0 Å². The molecule has 2 heterocycles. The Bertz CT molecular complexity index is 974. The van der Waals surface area contributed by atoms with Gasteiger partial charge in [-0.2, -0.15) is 4.98 Å². The number of hydrogen-bond acceptors (Lipinski definition) is 5. The summed E-state index contributed by atoms with van der Waals surface area (Å²) in [6.07, 6.45) is 0.734. The van der Waals surface area contributed by atoms with Crippen molar-refractivity contribution in [1.82, 2.24) is 14.8 Å². The minimum absolute atomic E-state index is 0.0180. The predicted octanol–water partition coefficient (Wildman–Crippen LogP) is 4.71. The van der Waals surface area contributed by atoms with E-state index in [-0.39, 0.29) is 18.0 Å². The molecule has 0 aliphatic carbocycles. The SMILES string of the molecule is CCOc1ccccc1[C@H]1C[C@@H](c2ccc(Cl)c(Cl)c2)Nc2nc(N)nn21. The molecule has 0 spiro atoms. The molecule has 2 aromatic carbocycles. The lowest BCUT2D eigenvalue weighted by Crippen LogP contribution is -2.28. The molecule has 1 aromatic heterocycles. The molecule has 0 fully saturated rings. The summed E-state index contributed by atoms with van der Waals surface area (Å²) in [6, 6.07) is 13.5. The second-order valence-corrected chi connectivity index (χ2v) is 7.15. The van der Waals surface area contributed by atoms with E-state index in [0.717, 1.165) is 23.3 Å². The molecule has 3 N–H and O–H groups in total. The van der Waals surface area contributed by atoms with Crippen molar-refractivity contribution in [3.8, 4) is 5.75 Å². The van der Waals surface area contributed by atoms with Crippen LogP contribution >= 0.6 is 23.2 Å². The van der Waals surface area contributed by atoms with Crippen LogP contribution in [0.2, 0.25) is 10.0 Å². The fraction of sp³-hybridized carbons (Fsp3) is 0.263. The Morgan fingerprint density at radius 2 is 2.04 bits per heavy atom. The maximum Gasteiger partial charge on any atom is 0.241 e. The van der Waals surface area contributed by atoms with Crippen molar-refractivity contribution in [1.29, 1.82) is 0 Å². The zero-order valence-electron chi connectivity index (χ0n) is 14.7. The van der Waals surface area contributed by atoms with Crippen molar-refractivity contribution in [2.75, 3.05) is 17.7 Å². The van der Waals surface area contributed by atoms with E-state index < -0.39 is 0 Å². The highest BCUT2D eigenvalue weighted by molar-refractivity contribution is 6.42. The predicted molar refractivity (Wildman–Crippen MR) is 108 cm³/mol. The van der Waals surface area contributed by atoms with Crippen LogP contribution in [0.1, 0.15) is 36.6 Å². The number of anilines is 2. The van der Waals surface area contributed by atoms with Gasteiger partial charge >= 0.3 is 0 Å². The van der Waals surface area contributed by atoms with Gasteiger partial charge in [-0.3, -0.25) is 0 Å². The van der Waals surface area contributed by atoms with Crippen molar-refractivity contribution in [2.45, 2.75) is 25.4 Å². The van der Waals surface area contributed by atoms with E-state index in [9.17, 15) is 0 Å². The van der Waals surface area contributed by atoms with Crippen molar-refractivity contribution >= 4 is 35.1 Å². The molecule has 1 aliphatic rings. The topological polar surface area (TPSA) is 78.0 Å². The number of nitrogens with zero attached hydrogens (tertiary/aromatic N) is 3. The molecule has 0 radical (unpaired) electrons. The van der Waals surface area contributed by atoms with E-state index in [4.69, 9.17) is 33.7 Å². The average Bonchev–Trinajstić information content (AvgIpc) is 3.04. The molecule has 0 saturated heterocycles. The second-order valence-electron chi connectivity index (χ2n) is 6.33. The van der Waals surface area contributed by atoms with E-state index in [1.807, 2.05) is 41.9 Å². The van der Waals surface area contributed by atoms with Gasteiger partial charge in [0.15, 0.2) is 0 Å². The van der Waals surface area contributed by atoms with Crippen LogP contribution in [0.3, 0.4) is 0 Å². The van der Waals surface area contributed by atoms with Crippen molar-refractivity contribution in [3.05, 3.63) is 63.6 Å². The molecule has 0 bridgehead atoms. The standard InChI is InChI=1S/C19H19Cl2N5O/c1-2-27-17-6-4-3-5-12(17)16-10-15(11-7-8-13(20)14(21)9-11)23-19-24-18(22)25-26(16)19/h3-9,15-16H,2,10H2,1H3,(H3,22,23,24,25)/t15-,16+/m0/s1. The van der Waals surface area contributed by atoms with Crippen LogP contribution in [-0.4, -0.2) is 21.4 Å². The van der Waals surface area contributed by atoms with E-state index in [1.54, 1.807) is 6.07 Å². The lowest BCUT2D eigenvalue weighted by atomic mass is 9.93. The lowest BCUT2D eigenvalue weighted by Gasteiger charge is -2.32. The van der Waals surface area contributed by atoms with Gasteiger partial charge in [0, 0.05) is 5.56 Å². The largest absolute Gasteiger partial charge is 0.494 e. The first kappa shape index (κ1) is 17.9. The minimum Gasteiger partial charge on any atom is -0.494 e. The zero-order valence-corrected chi connectivity index (χ0v) is 16.2. The van der Waals surface area contributed by atoms with Gasteiger partial charge < -0.3 is 15.8 Å². The summed E-state index contributed by atoms with van der Waals surface area (Å²) in [6.45, 7) is 2.56. The van der Waals surface area contributed by atoms with Gasteiger partial charge in [-0.25, -0.2) is 4.68 Å². The average molecular weight is 404 g/mol. The number of nitrogens with two attached hydrogens (primary N) is 1. The number of fused-ring (bicyclic) bond motifs is 1. The Morgan fingerprint density at radius 1 is 1.22 bits per heavy atom. The Balaban J connectivity index is 1.78. The van der Waals surface area contributed by atoms with Gasteiger partial charge in [-0.05, 0) is 37.1 Å². The number of nitrogen functional groups attached to an aromatic ring is 1. The molecule has 0 amide bonds. The number of rotatable bonds is 4. The number of aromatic nitrogens is 3. The molecule has 27 heavy (non-hydrogen) atoms. The van der Waals surface area contributed by atoms with Gasteiger partial charge in [0.25, 0.3) is 0 Å². The molecule has 0 saturated carbocycles. The first-order valence-electron chi connectivity index (χ1n) is 8.72. The number of benzene rings is 2. The summed E-state index contributed by atoms with van der Waals surface area (Å²) in [5.74, 6) is 1.68. The first-order chi connectivity index (χ1) is 13.1. The van der Waals surface area contributed by atoms with Crippen LogP contribution in [0.4, 0.5) is 11.9 Å². The normalized spacial score (nSPS) is 18.6. The van der Waals surface area contributed by atoms with E-state index >= 15 is 0 Å². The van der Waals surface area contributed by atoms with Crippen LogP contribution in [0.25, 0.3) is 0 Å². The van der Waals surface area contributed by atoms with Crippen LogP contribution in [0, 0.1) is 0 Å². The highest BCUT2D eigenvalue weighted by atomic mass is 35.5. The van der Waals surface area contributed by atoms with Crippen LogP contribution in [0.5, 0.6) is 5.75 Å². The number of halogens is 2. The Kier molecular flexibility index (Phi) is 4.85. The van der Waals surface area contributed by atoms with Gasteiger partial charge in [0.2, 0.25) is 11.9 Å². The van der Waals surface area contributed by atoms with Gasteiger partial charge in [-0.15, -0.1) is 5.10 Å². The molecule has 1 aliphatic heterocycles. The third-order valence-corrected chi connectivity index (χ3v) is 5.37. The number of ether oxygens (including phenoxy) is 1. The minimum atomic E-state index is -0.0757. The molecule has 6 nitrogen and oxygen atoms in total. The van der Waals surface area contributed by atoms with Crippen LogP contribution in [-0.2, 0) is 0 Å². The quantitative estimate of drug-likeness (QED) is 0.659. The number of nitrogens with one attached hydrogen (secondary N) is 1. The summed E-state index contributed by atoms with van der Waals surface area (Å²) < 4.78 is 7.66. The molecule has 140 valence electrons. The maximum absolute atomic E-state index is 6.22. The molecular formula is C19H19Cl2N5O. The zero-order chi connectivity index (χ0) is 19.0. The van der Waals surface area contributed by atoms with Gasteiger partial charge in [0.1, 0.15) is 5.75 Å². The lowest BCUT2D eigenvalue weighted by molar-refractivity contribution is 0.325. The van der Waals surface area contributed by atoms with Crippen molar-refractivity contribution in [2.24, 2.45) is 0 Å². The molecule has 3 aromatic rings. The van der Waals surface area contributed by atoms with Crippen molar-refractivity contribution < 1.29 is 4.74 Å². The monoisotopic (exact) mass is 403 g/mol. The smallest absolute Gasteiger partial charge is 0.241 e. The summed E-state index contributed by atoms with van der Waals surface area (Å²) in [7, 11) is 0. The fourth-order valence-corrected chi connectivity index (χ4v) is 3.75. The summed E-state index contributed by atoms with van der Waals surface area (Å²) in [5, 5.41) is 8.84. The fourth-order valence-electron chi connectivity index (χ4n) is 3.44. The van der Waals surface area contributed by atoms with E-state index in [0.29, 0.717) is 22.6 Å². The van der Waals surface area contributed by atoms with E-state index in [2.05, 4.69) is 21.5 Å². The number of hydrogen-bond donors (Lipinski definition) is 2. The summed E-state index contributed by atoms with van der Waals surface area (Å²) in [4.78, 5) is 4.34. The molecule has 4 rings (SSSR count). The van der Waals surface area contributed by atoms with Crippen molar-refractivity contribution in [3.63, 3.8) is 0 Å². The first-order valence-corrected chi connectivity index (χ1v) is 9.47. The van der Waals surface area contributed by atoms with Gasteiger partial charge in [-0.1, -0.05) is 47.5 Å². The third-order valence-electron chi connectivity index (χ3n) is 4.63. The molecule has 8 heteroatoms. The Labute approximate surface area is 167 Å². The maximum atomic E-state index is 6.22.